The summed E-state index contributed by atoms with van der Waals surface area (Å²) in [5, 5.41) is 10.1. The molecular formula is C24H26N4O3. The molecule has 0 bridgehead atoms. The van der Waals surface area contributed by atoms with E-state index < -0.39 is 0 Å². The Hall–Kier alpha value is -3.87. The molecule has 0 saturated heterocycles. The lowest BCUT2D eigenvalue weighted by molar-refractivity contribution is -0.116. The summed E-state index contributed by atoms with van der Waals surface area (Å²) in [6.07, 6.45) is 3.25. The Kier molecular flexibility index (Phi) is 7.22. The monoisotopic (exact) mass is 418 g/mol. The number of carbonyl (C=O) groups excluding carboxylic acids is 2. The van der Waals surface area contributed by atoms with Gasteiger partial charge in [-0.25, -0.2) is 4.68 Å². The van der Waals surface area contributed by atoms with E-state index in [1.54, 1.807) is 37.5 Å². The van der Waals surface area contributed by atoms with E-state index in [1.165, 1.54) is 6.08 Å². The van der Waals surface area contributed by atoms with Gasteiger partial charge in [0, 0.05) is 36.0 Å². The molecule has 0 aliphatic heterocycles. The van der Waals surface area contributed by atoms with E-state index >= 15 is 0 Å². The zero-order chi connectivity index (χ0) is 22.2. The Balaban J connectivity index is 1.49. The molecule has 1 aromatic heterocycles. The number of benzene rings is 2. The molecule has 0 radical (unpaired) electrons. The molecular weight excluding hydrogens is 392 g/mol. The minimum Gasteiger partial charge on any atom is -0.497 e. The van der Waals surface area contributed by atoms with Crippen LogP contribution in [-0.2, 0) is 4.79 Å². The third-order valence-corrected chi connectivity index (χ3v) is 4.81. The molecule has 160 valence electrons. The first-order valence-corrected chi connectivity index (χ1v) is 9.99. The number of ether oxygens (including phenoxy) is 1. The van der Waals surface area contributed by atoms with Gasteiger partial charge in [0.2, 0.25) is 5.91 Å². The van der Waals surface area contributed by atoms with Crippen LogP contribution < -0.4 is 15.4 Å². The fourth-order valence-electron chi connectivity index (χ4n) is 3.14. The summed E-state index contributed by atoms with van der Waals surface area (Å²) in [6, 6.07) is 16.7. The van der Waals surface area contributed by atoms with Gasteiger partial charge in [-0.15, -0.1) is 0 Å². The predicted molar refractivity (Wildman–Crippen MR) is 120 cm³/mol. The van der Waals surface area contributed by atoms with Crippen molar-refractivity contribution < 1.29 is 14.3 Å². The Morgan fingerprint density at radius 2 is 1.68 bits per heavy atom. The first-order valence-electron chi connectivity index (χ1n) is 9.99. The number of rotatable bonds is 8. The Morgan fingerprint density at radius 1 is 1.00 bits per heavy atom. The second kappa shape index (κ2) is 10.2. The maximum absolute atomic E-state index is 12.1. The number of carbonyl (C=O) groups is 2. The van der Waals surface area contributed by atoms with E-state index in [-0.39, 0.29) is 11.8 Å². The van der Waals surface area contributed by atoms with Crippen molar-refractivity contribution in [2.45, 2.75) is 13.8 Å². The fraction of sp³-hybridized carbons (Fsp3) is 0.208. The van der Waals surface area contributed by atoms with E-state index in [9.17, 15) is 9.59 Å². The third kappa shape index (κ3) is 5.60. The van der Waals surface area contributed by atoms with Gasteiger partial charge in [-0.2, -0.15) is 5.10 Å². The van der Waals surface area contributed by atoms with Gasteiger partial charge in [0.05, 0.1) is 18.5 Å². The molecule has 7 nitrogen and oxygen atoms in total. The van der Waals surface area contributed by atoms with Crippen molar-refractivity contribution in [3.63, 3.8) is 0 Å². The zero-order valence-electron chi connectivity index (χ0n) is 17.9. The summed E-state index contributed by atoms with van der Waals surface area (Å²) in [7, 11) is 1.57. The van der Waals surface area contributed by atoms with Gasteiger partial charge in [-0.3, -0.25) is 9.59 Å². The molecule has 2 amide bonds. The SMILES string of the molecule is COc1ccc(C(=O)NCCNC(=O)/C=C/c2c(C)nn(-c3ccccc3)c2C)cc1. The van der Waals surface area contributed by atoms with E-state index in [0.717, 1.165) is 22.6 Å². The van der Waals surface area contributed by atoms with Crippen molar-refractivity contribution in [2.24, 2.45) is 0 Å². The van der Waals surface area contributed by atoms with Gasteiger partial charge in [0.15, 0.2) is 0 Å². The Bertz CT molecular complexity index is 1070. The van der Waals surface area contributed by atoms with Gasteiger partial charge in [0.25, 0.3) is 5.91 Å². The van der Waals surface area contributed by atoms with Gasteiger partial charge in [-0.05, 0) is 56.3 Å². The van der Waals surface area contributed by atoms with E-state index in [2.05, 4.69) is 15.7 Å². The lowest BCUT2D eigenvalue weighted by Crippen LogP contribution is -2.33. The van der Waals surface area contributed by atoms with Gasteiger partial charge in [-0.1, -0.05) is 18.2 Å². The molecule has 1 heterocycles. The van der Waals surface area contributed by atoms with Crippen molar-refractivity contribution in [1.82, 2.24) is 20.4 Å². The topological polar surface area (TPSA) is 85.2 Å². The summed E-state index contributed by atoms with van der Waals surface area (Å²) in [6.45, 7) is 4.54. The number of hydrogen-bond donors (Lipinski definition) is 2. The Labute approximate surface area is 181 Å². The third-order valence-electron chi connectivity index (χ3n) is 4.81. The van der Waals surface area contributed by atoms with Crippen molar-refractivity contribution in [2.75, 3.05) is 20.2 Å². The molecule has 7 heteroatoms. The molecule has 3 rings (SSSR count). The lowest BCUT2D eigenvalue weighted by atomic mass is 10.2. The number of amides is 2. The lowest BCUT2D eigenvalue weighted by Gasteiger charge is -2.06. The molecule has 2 aromatic carbocycles. The number of hydrogen-bond acceptors (Lipinski definition) is 4. The van der Waals surface area contributed by atoms with E-state index in [4.69, 9.17) is 4.74 Å². The number of nitrogens with one attached hydrogen (secondary N) is 2. The van der Waals surface area contributed by atoms with Crippen LogP contribution in [0.15, 0.2) is 60.7 Å². The van der Waals surface area contributed by atoms with Crippen LogP contribution in [0.3, 0.4) is 0 Å². The van der Waals surface area contributed by atoms with Crippen LogP contribution in [0.25, 0.3) is 11.8 Å². The van der Waals surface area contributed by atoms with Gasteiger partial charge < -0.3 is 15.4 Å². The highest BCUT2D eigenvalue weighted by atomic mass is 16.5. The highest BCUT2D eigenvalue weighted by Gasteiger charge is 2.11. The first kappa shape index (κ1) is 21.8. The zero-order valence-corrected chi connectivity index (χ0v) is 17.9. The van der Waals surface area contributed by atoms with Crippen LogP contribution in [0.1, 0.15) is 27.3 Å². The van der Waals surface area contributed by atoms with Crippen molar-refractivity contribution in [1.29, 1.82) is 0 Å². The van der Waals surface area contributed by atoms with Crippen molar-refractivity contribution in [3.05, 3.63) is 83.2 Å². The number of nitrogens with zero attached hydrogens (tertiary/aromatic N) is 2. The maximum Gasteiger partial charge on any atom is 0.251 e. The average molecular weight is 418 g/mol. The minimum absolute atomic E-state index is 0.202. The summed E-state index contributed by atoms with van der Waals surface area (Å²) in [4.78, 5) is 24.3. The fourth-order valence-corrected chi connectivity index (χ4v) is 3.14. The summed E-state index contributed by atoms with van der Waals surface area (Å²) in [5.41, 5.74) is 4.22. The standard InChI is InChI=1S/C24H26N4O3/c1-17-22(18(2)28(27-17)20-7-5-4-6-8-20)13-14-23(29)25-15-16-26-24(30)19-9-11-21(31-3)12-10-19/h4-14H,15-16H2,1-3H3,(H,25,29)(H,26,30)/b14-13+. The molecule has 0 unspecified atom stereocenters. The van der Waals surface area contributed by atoms with Crippen molar-refractivity contribution >= 4 is 17.9 Å². The number of aryl methyl sites for hydroxylation is 1. The largest absolute Gasteiger partial charge is 0.497 e. The maximum atomic E-state index is 12.1. The van der Waals surface area contributed by atoms with Gasteiger partial charge >= 0.3 is 0 Å². The molecule has 0 aliphatic rings. The molecule has 3 aromatic rings. The summed E-state index contributed by atoms with van der Waals surface area (Å²) < 4.78 is 6.94. The smallest absolute Gasteiger partial charge is 0.251 e. The molecule has 2 N–H and O–H groups in total. The quantitative estimate of drug-likeness (QED) is 0.435. The normalized spacial score (nSPS) is 10.8. The second-order valence-corrected chi connectivity index (χ2v) is 6.94. The first-order chi connectivity index (χ1) is 15.0. The highest BCUT2D eigenvalue weighted by Crippen LogP contribution is 2.19. The number of para-hydroxylation sites is 1. The molecule has 0 spiro atoms. The Morgan fingerprint density at radius 3 is 2.35 bits per heavy atom. The minimum atomic E-state index is -0.232. The number of aromatic nitrogens is 2. The van der Waals surface area contributed by atoms with Crippen LogP contribution in [-0.4, -0.2) is 41.8 Å². The van der Waals surface area contributed by atoms with E-state index in [0.29, 0.717) is 24.4 Å². The molecule has 0 aliphatic carbocycles. The average Bonchev–Trinajstić information content (AvgIpc) is 3.09. The van der Waals surface area contributed by atoms with E-state index in [1.807, 2.05) is 48.9 Å². The van der Waals surface area contributed by atoms with Crippen LogP contribution in [0.5, 0.6) is 5.75 Å². The predicted octanol–water partition coefficient (Wildman–Crippen LogP) is 3.06. The summed E-state index contributed by atoms with van der Waals surface area (Å²) >= 11 is 0. The van der Waals surface area contributed by atoms with Gasteiger partial charge in [0.1, 0.15) is 5.75 Å². The van der Waals surface area contributed by atoms with Crippen LogP contribution >= 0.6 is 0 Å². The second-order valence-electron chi connectivity index (χ2n) is 6.94. The van der Waals surface area contributed by atoms with Crippen LogP contribution in [0.2, 0.25) is 0 Å². The van der Waals surface area contributed by atoms with Crippen LogP contribution in [0.4, 0.5) is 0 Å². The molecule has 0 atom stereocenters. The molecule has 0 fully saturated rings. The van der Waals surface area contributed by atoms with Crippen molar-refractivity contribution in [3.8, 4) is 11.4 Å². The number of methoxy groups -OCH3 is 1. The highest BCUT2D eigenvalue weighted by molar-refractivity contribution is 5.94. The summed E-state index contributed by atoms with van der Waals surface area (Å²) in [5.74, 6) is 0.257. The molecule has 31 heavy (non-hydrogen) atoms. The van der Waals surface area contributed by atoms with Crippen LogP contribution in [0, 0.1) is 13.8 Å². The molecule has 0 saturated carbocycles.